The highest BCUT2D eigenvalue weighted by molar-refractivity contribution is 6.32. The topological polar surface area (TPSA) is 68.0 Å². The summed E-state index contributed by atoms with van der Waals surface area (Å²) in [5.41, 5.74) is 7.23. The molecule has 1 amide bonds. The number of carbonyl (C=O) groups is 1. The minimum atomic E-state index is 0.0495. The molecule has 0 spiro atoms. The van der Waals surface area contributed by atoms with Crippen LogP contribution in [0.1, 0.15) is 31.2 Å². The fraction of sp³-hybridized carbons (Fsp3) is 0.571. The summed E-state index contributed by atoms with van der Waals surface area (Å²) >= 11 is 6.02. The van der Waals surface area contributed by atoms with Gasteiger partial charge in [-0.2, -0.15) is 0 Å². The molecule has 1 saturated carbocycles. The lowest BCUT2D eigenvalue weighted by Gasteiger charge is -2.27. The highest BCUT2D eigenvalue weighted by atomic mass is 35.5. The Morgan fingerprint density at radius 1 is 1.47 bits per heavy atom. The molecular weight excluding hydrogens is 262 g/mol. The van der Waals surface area contributed by atoms with Crippen LogP contribution in [0.3, 0.4) is 0 Å². The molecule has 19 heavy (non-hydrogen) atoms. The van der Waals surface area contributed by atoms with Crippen LogP contribution >= 0.6 is 11.6 Å². The first-order valence-corrected chi connectivity index (χ1v) is 7.11. The lowest BCUT2D eigenvalue weighted by Crippen LogP contribution is -2.29. The lowest BCUT2D eigenvalue weighted by molar-refractivity contribution is -0.121. The van der Waals surface area contributed by atoms with Gasteiger partial charge in [-0.1, -0.05) is 11.6 Å². The highest BCUT2D eigenvalue weighted by Crippen LogP contribution is 2.30. The number of aromatic nitrogens is 1. The average molecular weight is 282 g/mol. The second-order valence-corrected chi connectivity index (χ2v) is 5.59. The summed E-state index contributed by atoms with van der Waals surface area (Å²) < 4.78 is 0. The molecule has 0 aliphatic heterocycles. The zero-order chi connectivity index (χ0) is 13.8. The van der Waals surface area contributed by atoms with Crippen molar-refractivity contribution in [2.24, 2.45) is 17.6 Å². The van der Waals surface area contributed by atoms with Crippen molar-refractivity contribution in [2.45, 2.75) is 32.6 Å². The molecule has 5 heteroatoms. The zero-order valence-corrected chi connectivity index (χ0v) is 11.9. The van der Waals surface area contributed by atoms with Gasteiger partial charge in [-0.05, 0) is 56.7 Å². The maximum Gasteiger partial charge on any atom is 0.227 e. The number of aryl methyl sites for hydroxylation is 1. The maximum absolute atomic E-state index is 12.2. The van der Waals surface area contributed by atoms with Gasteiger partial charge in [0.25, 0.3) is 0 Å². The SMILES string of the molecule is Cc1ccnc(Cl)c1NC(=O)C1CCC(CN)CC1. The Balaban J connectivity index is 1.98. The van der Waals surface area contributed by atoms with Crippen LogP contribution in [-0.2, 0) is 4.79 Å². The molecule has 0 atom stereocenters. The Bertz CT molecular complexity index is 436. The van der Waals surface area contributed by atoms with E-state index in [1.165, 1.54) is 0 Å². The van der Waals surface area contributed by atoms with Gasteiger partial charge in [0.1, 0.15) is 0 Å². The fourth-order valence-electron chi connectivity index (χ4n) is 2.56. The van der Waals surface area contributed by atoms with E-state index in [9.17, 15) is 4.79 Å². The van der Waals surface area contributed by atoms with E-state index in [2.05, 4.69) is 10.3 Å². The molecule has 1 aromatic heterocycles. The Kier molecular flexibility index (Phi) is 4.77. The van der Waals surface area contributed by atoms with Crippen LogP contribution in [0.5, 0.6) is 0 Å². The first kappa shape index (κ1) is 14.3. The zero-order valence-electron chi connectivity index (χ0n) is 11.2. The number of anilines is 1. The second-order valence-electron chi connectivity index (χ2n) is 5.24. The summed E-state index contributed by atoms with van der Waals surface area (Å²) in [6.45, 7) is 2.64. The number of hydrogen-bond donors (Lipinski definition) is 2. The number of nitrogens with one attached hydrogen (secondary N) is 1. The van der Waals surface area contributed by atoms with E-state index in [1.54, 1.807) is 6.20 Å². The minimum absolute atomic E-state index is 0.0495. The number of pyridine rings is 1. The molecule has 0 bridgehead atoms. The van der Waals surface area contributed by atoms with Gasteiger partial charge in [0.15, 0.2) is 5.15 Å². The van der Waals surface area contributed by atoms with Gasteiger partial charge in [-0.25, -0.2) is 4.98 Å². The summed E-state index contributed by atoms with van der Waals surface area (Å²) in [4.78, 5) is 16.2. The van der Waals surface area contributed by atoms with Crippen LogP contribution in [0.2, 0.25) is 5.15 Å². The molecule has 1 aliphatic rings. The average Bonchev–Trinajstić information content (AvgIpc) is 2.43. The molecule has 2 rings (SSSR count). The van der Waals surface area contributed by atoms with E-state index < -0.39 is 0 Å². The third-order valence-electron chi connectivity index (χ3n) is 3.91. The van der Waals surface area contributed by atoms with Crippen molar-refractivity contribution in [1.29, 1.82) is 0 Å². The third-order valence-corrected chi connectivity index (χ3v) is 4.20. The number of rotatable bonds is 3. The van der Waals surface area contributed by atoms with E-state index in [0.29, 0.717) is 16.8 Å². The predicted molar refractivity (Wildman–Crippen MR) is 77.1 cm³/mol. The second kappa shape index (κ2) is 6.35. The summed E-state index contributed by atoms with van der Waals surface area (Å²) in [6, 6.07) is 1.84. The minimum Gasteiger partial charge on any atom is -0.330 e. The summed E-state index contributed by atoms with van der Waals surface area (Å²) in [5, 5.41) is 3.27. The molecule has 104 valence electrons. The van der Waals surface area contributed by atoms with Crippen LogP contribution in [0.4, 0.5) is 5.69 Å². The molecule has 1 aromatic rings. The van der Waals surface area contributed by atoms with E-state index in [-0.39, 0.29) is 11.8 Å². The maximum atomic E-state index is 12.2. The third kappa shape index (κ3) is 3.45. The Labute approximate surface area is 118 Å². The highest BCUT2D eigenvalue weighted by Gasteiger charge is 2.26. The standard InChI is InChI=1S/C14H20ClN3O/c1-9-6-7-17-13(15)12(9)18-14(19)11-4-2-10(8-16)3-5-11/h6-7,10-11H,2-5,8,16H2,1H3,(H,18,19). The number of hydrogen-bond acceptors (Lipinski definition) is 3. The van der Waals surface area contributed by atoms with Gasteiger partial charge in [0.05, 0.1) is 5.69 Å². The van der Waals surface area contributed by atoms with Gasteiger partial charge >= 0.3 is 0 Å². The first-order valence-electron chi connectivity index (χ1n) is 6.74. The Morgan fingerprint density at radius 3 is 2.74 bits per heavy atom. The molecule has 4 nitrogen and oxygen atoms in total. The fourth-order valence-corrected chi connectivity index (χ4v) is 2.81. The van der Waals surface area contributed by atoms with Crippen LogP contribution in [0.15, 0.2) is 12.3 Å². The van der Waals surface area contributed by atoms with Crippen molar-refractivity contribution < 1.29 is 4.79 Å². The van der Waals surface area contributed by atoms with Crippen LogP contribution in [0.25, 0.3) is 0 Å². The largest absolute Gasteiger partial charge is 0.330 e. The summed E-state index contributed by atoms with van der Waals surface area (Å²) in [5.74, 6) is 0.694. The van der Waals surface area contributed by atoms with Gasteiger partial charge in [-0.15, -0.1) is 0 Å². The van der Waals surface area contributed by atoms with Crippen molar-refractivity contribution >= 4 is 23.2 Å². The molecule has 0 radical (unpaired) electrons. The quantitative estimate of drug-likeness (QED) is 0.837. The van der Waals surface area contributed by atoms with E-state index in [1.807, 2.05) is 13.0 Å². The summed E-state index contributed by atoms with van der Waals surface area (Å²) in [7, 11) is 0. The molecule has 0 aromatic carbocycles. The van der Waals surface area contributed by atoms with Gasteiger partial charge in [-0.3, -0.25) is 4.79 Å². The van der Waals surface area contributed by atoms with E-state index in [4.69, 9.17) is 17.3 Å². The molecule has 3 N–H and O–H groups in total. The lowest BCUT2D eigenvalue weighted by atomic mass is 9.81. The summed E-state index contributed by atoms with van der Waals surface area (Å²) in [6.07, 6.45) is 5.53. The number of nitrogens with two attached hydrogens (primary N) is 1. The van der Waals surface area contributed by atoms with Gasteiger partial charge < -0.3 is 11.1 Å². The molecule has 0 saturated heterocycles. The van der Waals surface area contributed by atoms with Crippen molar-refractivity contribution in [1.82, 2.24) is 4.98 Å². The number of amides is 1. The molecule has 1 heterocycles. The monoisotopic (exact) mass is 281 g/mol. The number of carbonyl (C=O) groups excluding carboxylic acids is 1. The number of halogens is 1. The van der Waals surface area contributed by atoms with Crippen molar-refractivity contribution in [3.8, 4) is 0 Å². The molecule has 0 unspecified atom stereocenters. The Morgan fingerprint density at radius 2 is 2.16 bits per heavy atom. The number of nitrogens with zero attached hydrogens (tertiary/aromatic N) is 1. The van der Waals surface area contributed by atoms with Crippen molar-refractivity contribution in [2.75, 3.05) is 11.9 Å². The van der Waals surface area contributed by atoms with E-state index in [0.717, 1.165) is 37.8 Å². The van der Waals surface area contributed by atoms with E-state index >= 15 is 0 Å². The van der Waals surface area contributed by atoms with Crippen molar-refractivity contribution in [3.05, 3.63) is 23.0 Å². The first-order chi connectivity index (χ1) is 9.11. The smallest absolute Gasteiger partial charge is 0.227 e. The van der Waals surface area contributed by atoms with Crippen LogP contribution in [0, 0.1) is 18.8 Å². The van der Waals surface area contributed by atoms with Gasteiger partial charge in [0.2, 0.25) is 5.91 Å². The normalized spacial score (nSPS) is 23.1. The molecule has 1 aliphatic carbocycles. The molecule has 1 fully saturated rings. The van der Waals surface area contributed by atoms with Crippen LogP contribution < -0.4 is 11.1 Å². The predicted octanol–water partition coefficient (Wildman–Crippen LogP) is 2.75. The molecular formula is C14H20ClN3O. The van der Waals surface area contributed by atoms with Gasteiger partial charge in [0, 0.05) is 12.1 Å². The Hall–Kier alpha value is -1.13. The van der Waals surface area contributed by atoms with Crippen molar-refractivity contribution in [3.63, 3.8) is 0 Å². The van der Waals surface area contributed by atoms with Crippen LogP contribution in [-0.4, -0.2) is 17.4 Å².